The third-order valence-electron chi connectivity index (χ3n) is 9.25. The molecule has 4 aliphatic heterocycles. The highest BCUT2D eigenvalue weighted by atomic mass is 32.2. The maximum Gasteiger partial charge on any atom is 0.411 e. The number of sulfonamides is 1. The summed E-state index contributed by atoms with van der Waals surface area (Å²) in [7, 11) is -4.10. The number of ether oxygens (including phenoxy) is 6. The quantitative estimate of drug-likeness (QED) is 0.280. The molecule has 2 aromatic carbocycles. The molecule has 6 rings (SSSR count). The molecule has 8 atom stereocenters. The van der Waals surface area contributed by atoms with E-state index in [0.717, 1.165) is 12.0 Å². The van der Waals surface area contributed by atoms with Gasteiger partial charge in [0, 0.05) is 18.8 Å². The molecule has 0 bridgehead atoms. The van der Waals surface area contributed by atoms with Crippen molar-refractivity contribution in [1.29, 1.82) is 0 Å². The van der Waals surface area contributed by atoms with Crippen molar-refractivity contribution in [2.75, 3.05) is 44.8 Å². The molecule has 14 nitrogen and oxygen atoms in total. The minimum atomic E-state index is -4.10. The molecule has 2 amide bonds. The molecule has 15 heteroatoms. The van der Waals surface area contributed by atoms with Gasteiger partial charge in [0.05, 0.1) is 55.3 Å². The second-order valence-corrected chi connectivity index (χ2v) is 15.2. The highest BCUT2D eigenvalue weighted by Gasteiger charge is 2.45. The Morgan fingerprint density at radius 2 is 1.45 bits per heavy atom. The molecule has 268 valence electrons. The Morgan fingerprint density at radius 1 is 0.857 bits per heavy atom. The molecule has 2 aromatic rings. The first-order valence-corrected chi connectivity index (χ1v) is 18.2. The molecule has 0 spiro atoms. The van der Waals surface area contributed by atoms with E-state index in [1.165, 1.54) is 28.6 Å². The van der Waals surface area contributed by atoms with Crippen LogP contribution in [0.1, 0.15) is 32.3 Å². The van der Waals surface area contributed by atoms with Gasteiger partial charge in [0.1, 0.15) is 12.2 Å². The van der Waals surface area contributed by atoms with Crippen molar-refractivity contribution in [3.05, 3.63) is 60.2 Å². The van der Waals surface area contributed by atoms with Gasteiger partial charge >= 0.3 is 12.2 Å². The van der Waals surface area contributed by atoms with E-state index in [9.17, 15) is 23.1 Å². The van der Waals surface area contributed by atoms with E-state index in [1.807, 2.05) is 44.2 Å². The third kappa shape index (κ3) is 8.71. The monoisotopic (exact) mass is 703 g/mol. The Kier molecular flexibility index (Phi) is 11.4. The van der Waals surface area contributed by atoms with Gasteiger partial charge in [0.25, 0.3) is 0 Å². The smallest absolute Gasteiger partial charge is 0.411 e. The largest absolute Gasteiger partial charge is 0.443 e. The molecule has 0 radical (unpaired) electrons. The SMILES string of the molecule is CC(C)CN(C[C@@H](O)[C@H](Cc1ccccc1)NC(=O)O[C@H]1CO[C@H]2OCC[C@H]21)S(=O)(=O)c1ccc(NC(=O)O[C@@H]2CO[C@@H]3OCC[C@@H]32)cc1. The van der Waals surface area contributed by atoms with Gasteiger partial charge in [0.2, 0.25) is 10.0 Å². The molecule has 4 aliphatic rings. The molecule has 0 unspecified atom stereocenters. The number of amides is 2. The van der Waals surface area contributed by atoms with Crippen LogP contribution >= 0.6 is 0 Å². The zero-order valence-corrected chi connectivity index (χ0v) is 28.5. The van der Waals surface area contributed by atoms with Crippen molar-refractivity contribution >= 4 is 27.9 Å². The number of carbonyl (C=O) groups is 2. The Morgan fingerprint density at radius 3 is 2.04 bits per heavy atom. The molecule has 4 heterocycles. The van der Waals surface area contributed by atoms with Crippen LogP contribution in [0.4, 0.5) is 15.3 Å². The number of carbonyl (C=O) groups excluding carboxylic acids is 2. The van der Waals surface area contributed by atoms with E-state index in [1.54, 1.807) is 0 Å². The fourth-order valence-corrected chi connectivity index (χ4v) is 8.35. The van der Waals surface area contributed by atoms with Crippen LogP contribution in [0.15, 0.2) is 59.5 Å². The van der Waals surface area contributed by atoms with Crippen molar-refractivity contribution in [1.82, 2.24) is 9.62 Å². The highest BCUT2D eigenvalue weighted by molar-refractivity contribution is 7.89. The number of hydrogen-bond donors (Lipinski definition) is 3. The predicted octanol–water partition coefficient (Wildman–Crippen LogP) is 3.10. The number of aliphatic hydroxyl groups is 1. The molecule has 4 fully saturated rings. The van der Waals surface area contributed by atoms with E-state index < -0.39 is 46.6 Å². The zero-order chi connectivity index (χ0) is 34.5. The van der Waals surface area contributed by atoms with E-state index in [-0.39, 0.29) is 68.0 Å². The lowest BCUT2D eigenvalue weighted by Crippen LogP contribution is -2.51. The highest BCUT2D eigenvalue weighted by Crippen LogP contribution is 2.34. The maximum absolute atomic E-state index is 14.0. The molecule has 0 aromatic heterocycles. The number of aliphatic hydroxyl groups excluding tert-OH is 1. The van der Waals surface area contributed by atoms with Crippen molar-refractivity contribution in [2.24, 2.45) is 17.8 Å². The van der Waals surface area contributed by atoms with Crippen molar-refractivity contribution < 1.29 is 51.5 Å². The van der Waals surface area contributed by atoms with Crippen molar-refractivity contribution in [2.45, 2.75) is 74.9 Å². The van der Waals surface area contributed by atoms with Gasteiger partial charge < -0.3 is 38.8 Å². The average molecular weight is 704 g/mol. The Hall–Kier alpha value is -3.31. The summed E-state index contributed by atoms with van der Waals surface area (Å²) in [5.74, 6) is -0.138. The van der Waals surface area contributed by atoms with Gasteiger partial charge in [-0.2, -0.15) is 4.31 Å². The summed E-state index contributed by atoms with van der Waals surface area (Å²) in [6, 6.07) is 14.2. The van der Waals surface area contributed by atoms with Gasteiger partial charge in [-0.05, 0) is 55.0 Å². The number of nitrogens with one attached hydrogen (secondary N) is 2. The van der Waals surface area contributed by atoms with Gasteiger partial charge in [-0.1, -0.05) is 44.2 Å². The number of benzene rings is 2. The number of hydrogen-bond acceptors (Lipinski definition) is 11. The second-order valence-electron chi connectivity index (χ2n) is 13.3. The normalized spacial score (nSPS) is 27.4. The fraction of sp³-hybridized carbons (Fsp3) is 0.588. The van der Waals surface area contributed by atoms with E-state index in [0.29, 0.717) is 25.3 Å². The Labute approximate surface area is 286 Å². The minimum absolute atomic E-state index is 0.00891. The third-order valence-corrected chi connectivity index (χ3v) is 11.1. The van der Waals surface area contributed by atoms with Crippen LogP contribution in [0.2, 0.25) is 0 Å². The van der Waals surface area contributed by atoms with Crippen LogP contribution in [0.5, 0.6) is 0 Å². The number of anilines is 1. The number of nitrogens with zero attached hydrogens (tertiary/aromatic N) is 1. The van der Waals surface area contributed by atoms with E-state index in [4.69, 9.17) is 28.4 Å². The Balaban J connectivity index is 1.11. The molecule has 49 heavy (non-hydrogen) atoms. The van der Waals surface area contributed by atoms with Crippen LogP contribution in [0, 0.1) is 17.8 Å². The Bertz CT molecular complexity index is 1530. The van der Waals surface area contributed by atoms with Gasteiger partial charge in [-0.15, -0.1) is 0 Å². The lowest BCUT2D eigenvalue weighted by atomic mass is 10.0. The number of alkyl carbamates (subject to hydrolysis) is 1. The van der Waals surface area contributed by atoms with Crippen molar-refractivity contribution in [3.8, 4) is 0 Å². The summed E-state index contributed by atoms with van der Waals surface area (Å²) in [4.78, 5) is 25.7. The van der Waals surface area contributed by atoms with Gasteiger partial charge in [-0.3, -0.25) is 5.32 Å². The van der Waals surface area contributed by atoms with E-state index in [2.05, 4.69) is 10.6 Å². The lowest BCUT2D eigenvalue weighted by Gasteiger charge is -2.31. The lowest BCUT2D eigenvalue weighted by molar-refractivity contribution is -0.0909. The fourth-order valence-electron chi connectivity index (χ4n) is 6.73. The predicted molar refractivity (Wildman–Crippen MR) is 175 cm³/mol. The minimum Gasteiger partial charge on any atom is -0.443 e. The van der Waals surface area contributed by atoms with Crippen LogP contribution in [-0.2, 0) is 44.9 Å². The molecule has 0 saturated carbocycles. The summed E-state index contributed by atoms with van der Waals surface area (Å²) in [5.41, 5.74) is 1.20. The summed E-state index contributed by atoms with van der Waals surface area (Å²) in [6.07, 6.45) is -2.63. The standard InChI is InChI=1S/C34H45N3O11S/c1-21(2)17-37(49(41,42)24-10-8-23(9-11-24)35-33(39)47-29-19-45-31-25(29)12-14-43-31)18-28(38)27(16-22-6-4-3-5-7-22)36-34(40)48-30-20-46-32-26(30)13-15-44-32/h3-11,21,25-32,38H,12-20H2,1-2H3,(H,35,39)(H,36,40)/t25-,26+,27+,28-,29-,30+,31+,32-/m1/s1. The second kappa shape index (κ2) is 15.7. The first kappa shape index (κ1) is 35.5. The zero-order valence-electron chi connectivity index (χ0n) is 27.6. The summed E-state index contributed by atoms with van der Waals surface area (Å²) in [5, 5.41) is 17.0. The maximum atomic E-state index is 14.0. The average Bonchev–Trinajstić information content (AvgIpc) is 3.87. The number of fused-ring (bicyclic) bond motifs is 2. The molecular formula is C34H45N3O11S. The summed E-state index contributed by atoms with van der Waals surface area (Å²) >= 11 is 0. The van der Waals surface area contributed by atoms with Crippen LogP contribution < -0.4 is 10.6 Å². The first-order chi connectivity index (χ1) is 23.6. The van der Waals surface area contributed by atoms with Crippen molar-refractivity contribution in [3.63, 3.8) is 0 Å². The number of rotatable bonds is 13. The topological polar surface area (TPSA) is 171 Å². The molecule has 0 aliphatic carbocycles. The van der Waals surface area contributed by atoms with Crippen LogP contribution in [-0.4, -0.2) is 106 Å². The summed E-state index contributed by atoms with van der Waals surface area (Å²) in [6.45, 7) is 5.15. The molecule has 3 N–H and O–H groups in total. The molecule has 4 saturated heterocycles. The van der Waals surface area contributed by atoms with Gasteiger partial charge in [-0.25, -0.2) is 18.0 Å². The van der Waals surface area contributed by atoms with Crippen LogP contribution in [0.3, 0.4) is 0 Å². The van der Waals surface area contributed by atoms with Crippen LogP contribution in [0.25, 0.3) is 0 Å². The molecular weight excluding hydrogens is 658 g/mol. The summed E-state index contributed by atoms with van der Waals surface area (Å²) < 4.78 is 62.5. The van der Waals surface area contributed by atoms with E-state index >= 15 is 0 Å². The van der Waals surface area contributed by atoms with Gasteiger partial charge in [0.15, 0.2) is 12.6 Å². The first-order valence-electron chi connectivity index (χ1n) is 16.8.